The number of carbonyl (C=O) groups is 4. The van der Waals surface area contributed by atoms with Gasteiger partial charge in [0.25, 0.3) is 0 Å². The number of methoxy groups -OCH3 is 1. The summed E-state index contributed by atoms with van der Waals surface area (Å²) in [7, 11) is 1.41. The summed E-state index contributed by atoms with van der Waals surface area (Å²) >= 11 is 0. The van der Waals surface area contributed by atoms with E-state index in [9.17, 15) is 24.3 Å². The number of hydrogen-bond donors (Lipinski definition) is 2. The molecule has 0 aromatic heterocycles. The Morgan fingerprint density at radius 3 is 2.03 bits per heavy atom. The van der Waals surface area contributed by atoms with Crippen molar-refractivity contribution in [1.82, 2.24) is 5.32 Å². The summed E-state index contributed by atoms with van der Waals surface area (Å²) in [6.07, 6.45) is 7.27. The van der Waals surface area contributed by atoms with Gasteiger partial charge in [-0.05, 0) is 81.8 Å². The van der Waals surface area contributed by atoms with Crippen LogP contribution in [0.2, 0.25) is 0 Å². The zero-order chi connectivity index (χ0) is 27.0. The highest BCUT2D eigenvalue weighted by molar-refractivity contribution is 5.82. The molecule has 4 aliphatic carbocycles. The standard InChI is InChI=1S/C29H37NO8/c1-36-23(33)28-10-5-11-29(19-28,15-14-28)30-25(35)38-17-21-7-3-2-6-20(21)16-37-24(34)27-9-4-8-26(18-27,12-13-27)22(31)32/h2-3,6-7H,4-5,8-19H2,1H3,(H,30,35)(H,31,32). The van der Waals surface area contributed by atoms with Gasteiger partial charge in [-0.1, -0.05) is 30.7 Å². The number of hydrogen-bond acceptors (Lipinski definition) is 7. The lowest BCUT2D eigenvalue weighted by Crippen LogP contribution is -2.50. The molecule has 1 amide bonds. The molecule has 9 nitrogen and oxygen atoms in total. The van der Waals surface area contributed by atoms with Crippen LogP contribution in [0.15, 0.2) is 24.3 Å². The zero-order valence-electron chi connectivity index (χ0n) is 22.0. The van der Waals surface area contributed by atoms with Crippen molar-refractivity contribution in [2.75, 3.05) is 7.11 Å². The van der Waals surface area contributed by atoms with Gasteiger partial charge in [0, 0.05) is 5.54 Å². The van der Waals surface area contributed by atoms with Crippen LogP contribution >= 0.6 is 0 Å². The first-order valence-corrected chi connectivity index (χ1v) is 13.7. The molecule has 0 radical (unpaired) electrons. The first-order chi connectivity index (χ1) is 18.2. The van der Waals surface area contributed by atoms with Gasteiger partial charge in [-0.15, -0.1) is 0 Å². The van der Waals surface area contributed by atoms with Crippen molar-refractivity contribution in [3.63, 3.8) is 0 Å². The van der Waals surface area contributed by atoms with Crippen molar-refractivity contribution in [3.8, 4) is 0 Å². The van der Waals surface area contributed by atoms with Crippen LogP contribution in [0.4, 0.5) is 4.79 Å². The molecule has 206 valence electrons. The average molecular weight is 528 g/mol. The van der Waals surface area contributed by atoms with Gasteiger partial charge in [0.05, 0.1) is 23.4 Å². The molecule has 4 unspecified atom stereocenters. The van der Waals surface area contributed by atoms with Gasteiger partial charge in [0.15, 0.2) is 0 Å². The van der Waals surface area contributed by atoms with Crippen LogP contribution in [0.3, 0.4) is 0 Å². The molecule has 1 aromatic carbocycles. The number of esters is 2. The summed E-state index contributed by atoms with van der Waals surface area (Å²) in [5.74, 6) is -1.34. The largest absolute Gasteiger partial charge is 0.481 e. The van der Waals surface area contributed by atoms with Crippen molar-refractivity contribution in [2.24, 2.45) is 16.2 Å². The lowest BCUT2D eigenvalue weighted by molar-refractivity contribution is -0.162. The van der Waals surface area contributed by atoms with Crippen molar-refractivity contribution < 1.29 is 38.5 Å². The Hall–Kier alpha value is -3.10. The molecule has 0 saturated heterocycles. The third kappa shape index (κ3) is 4.64. The Balaban J connectivity index is 1.17. The van der Waals surface area contributed by atoms with Crippen LogP contribution in [0.1, 0.15) is 88.2 Å². The Labute approximate surface area is 222 Å². The quantitative estimate of drug-likeness (QED) is 0.369. The van der Waals surface area contributed by atoms with E-state index >= 15 is 0 Å². The van der Waals surface area contributed by atoms with E-state index in [0.717, 1.165) is 30.4 Å². The smallest absolute Gasteiger partial charge is 0.407 e. The van der Waals surface area contributed by atoms with E-state index in [4.69, 9.17) is 14.2 Å². The summed E-state index contributed by atoms with van der Waals surface area (Å²) in [4.78, 5) is 50.2. The normalized spacial score (nSPS) is 33.3. The fourth-order valence-electron chi connectivity index (χ4n) is 7.75. The lowest BCUT2D eigenvalue weighted by Gasteiger charge is -2.38. The first kappa shape index (κ1) is 26.5. The second-order valence-electron chi connectivity index (χ2n) is 12.0. The van der Waals surface area contributed by atoms with Crippen molar-refractivity contribution >= 4 is 24.0 Å². The molecule has 9 heteroatoms. The second kappa shape index (κ2) is 9.89. The number of alkyl carbamates (subject to hydrolysis) is 1. The molecule has 5 rings (SSSR count). The van der Waals surface area contributed by atoms with E-state index in [1.807, 2.05) is 24.3 Å². The number of benzene rings is 1. The van der Waals surface area contributed by atoms with Gasteiger partial charge in [-0.3, -0.25) is 14.4 Å². The molecular weight excluding hydrogens is 490 g/mol. The number of fused-ring (bicyclic) bond motifs is 4. The summed E-state index contributed by atoms with van der Waals surface area (Å²) in [5.41, 5.74) is -1.02. The van der Waals surface area contributed by atoms with Crippen molar-refractivity contribution in [1.29, 1.82) is 0 Å². The molecule has 4 atom stereocenters. The number of aliphatic carboxylic acids is 1. The van der Waals surface area contributed by atoms with Gasteiger partial charge in [-0.25, -0.2) is 4.79 Å². The summed E-state index contributed by atoms with van der Waals surface area (Å²) in [5, 5.41) is 12.8. The number of amides is 1. The minimum absolute atomic E-state index is 0.0189. The maximum Gasteiger partial charge on any atom is 0.407 e. The van der Waals surface area contributed by atoms with Crippen molar-refractivity contribution in [3.05, 3.63) is 35.4 Å². The predicted octanol–water partition coefficient (Wildman–Crippen LogP) is 4.65. The minimum Gasteiger partial charge on any atom is -0.481 e. The molecule has 4 saturated carbocycles. The van der Waals surface area contributed by atoms with Crippen LogP contribution in [0, 0.1) is 16.2 Å². The van der Waals surface area contributed by atoms with E-state index in [1.165, 1.54) is 7.11 Å². The lowest BCUT2D eigenvalue weighted by atomic mass is 9.69. The molecule has 0 spiro atoms. The van der Waals surface area contributed by atoms with E-state index in [1.54, 1.807) is 0 Å². The molecule has 4 fully saturated rings. The van der Waals surface area contributed by atoms with Crippen LogP contribution in [-0.4, -0.2) is 41.8 Å². The monoisotopic (exact) mass is 527 g/mol. The third-order valence-electron chi connectivity index (χ3n) is 9.85. The van der Waals surface area contributed by atoms with Crippen LogP contribution < -0.4 is 5.32 Å². The van der Waals surface area contributed by atoms with E-state index in [0.29, 0.717) is 57.8 Å². The summed E-state index contributed by atoms with van der Waals surface area (Å²) in [6.45, 7) is 0.0540. The number of carbonyl (C=O) groups excluding carboxylic acids is 3. The minimum atomic E-state index is -0.811. The maximum absolute atomic E-state index is 13.1. The topological polar surface area (TPSA) is 128 Å². The number of carboxylic acids is 1. The van der Waals surface area contributed by atoms with E-state index < -0.39 is 33.8 Å². The van der Waals surface area contributed by atoms with Crippen LogP contribution in [-0.2, 0) is 41.8 Å². The Morgan fingerprint density at radius 1 is 0.763 bits per heavy atom. The van der Waals surface area contributed by atoms with Crippen LogP contribution in [0.5, 0.6) is 0 Å². The van der Waals surface area contributed by atoms with Gasteiger partial charge < -0.3 is 24.6 Å². The van der Waals surface area contributed by atoms with Crippen LogP contribution in [0.25, 0.3) is 0 Å². The van der Waals surface area contributed by atoms with Gasteiger partial charge >= 0.3 is 24.0 Å². The van der Waals surface area contributed by atoms with E-state index in [-0.39, 0.29) is 25.2 Å². The molecule has 2 N–H and O–H groups in total. The molecule has 1 aromatic rings. The molecule has 0 heterocycles. The van der Waals surface area contributed by atoms with Gasteiger partial charge in [0.2, 0.25) is 0 Å². The maximum atomic E-state index is 13.1. The predicted molar refractivity (Wildman–Crippen MR) is 135 cm³/mol. The highest BCUT2D eigenvalue weighted by Crippen LogP contribution is 2.59. The summed E-state index contributed by atoms with van der Waals surface area (Å²) < 4.78 is 16.4. The Bertz CT molecular complexity index is 1140. The molecule has 4 bridgehead atoms. The number of nitrogens with one attached hydrogen (secondary N) is 1. The fourth-order valence-corrected chi connectivity index (χ4v) is 7.75. The fraction of sp³-hybridized carbons (Fsp3) is 0.655. The highest BCUT2D eigenvalue weighted by Gasteiger charge is 2.59. The first-order valence-electron chi connectivity index (χ1n) is 13.7. The number of rotatable bonds is 8. The Morgan fingerprint density at radius 2 is 1.34 bits per heavy atom. The molecule has 0 aliphatic heterocycles. The SMILES string of the molecule is COC(=O)C12CCCC(NC(=O)OCc3ccccc3COC(=O)C34CCCC(C(=O)O)(CC3)C4)(CC1)C2. The second-order valence-corrected chi connectivity index (χ2v) is 12.0. The van der Waals surface area contributed by atoms with Gasteiger partial charge in [-0.2, -0.15) is 0 Å². The average Bonchev–Trinajstić information content (AvgIpc) is 3.36. The van der Waals surface area contributed by atoms with Gasteiger partial charge in [0.1, 0.15) is 13.2 Å². The molecule has 38 heavy (non-hydrogen) atoms. The zero-order valence-corrected chi connectivity index (χ0v) is 22.0. The third-order valence-corrected chi connectivity index (χ3v) is 9.85. The van der Waals surface area contributed by atoms with E-state index in [2.05, 4.69) is 5.32 Å². The molecule has 4 aliphatic rings. The number of ether oxygens (including phenoxy) is 3. The number of carboxylic acid groups (broad SMARTS) is 1. The highest BCUT2D eigenvalue weighted by atomic mass is 16.6. The Kier molecular flexibility index (Phi) is 6.90. The molecular formula is C29H37NO8. The summed E-state index contributed by atoms with van der Waals surface area (Å²) in [6, 6.07) is 7.33. The van der Waals surface area contributed by atoms with Crippen molar-refractivity contribution in [2.45, 2.75) is 95.8 Å².